The van der Waals surface area contributed by atoms with Crippen molar-refractivity contribution in [1.29, 1.82) is 0 Å². The van der Waals surface area contributed by atoms with Crippen molar-refractivity contribution in [3.63, 3.8) is 0 Å². The van der Waals surface area contributed by atoms with Crippen LogP contribution in [0.5, 0.6) is 0 Å². The van der Waals surface area contributed by atoms with Crippen molar-refractivity contribution in [3.05, 3.63) is 59.7 Å². The summed E-state index contributed by atoms with van der Waals surface area (Å²) in [6.45, 7) is 1.70. The van der Waals surface area contributed by atoms with Gasteiger partial charge in [-0.15, -0.1) is 0 Å². The van der Waals surface area contributed by atoms with Crippen LogP contribution < -0.4 is 0 Å². The molecule has 0 aliphatic carbocycles. The van der Waals surface area contributed by atoms with Gasteiger partial charge in [0.1, 0.15) is 5.69 Å². The summed E-state index contributed by atoms with van der Waals surface area (Å²) in [6, 6.07) is 10.2. The van der Waals surface area contributed by atoms with Crippen LogP contribution in [0.1, 0.15) is 33.0 Å². The topological polar surface area (TPSA) is 92.6 Å². The maximum absolute atomic E-state index is 12.2. The van der Waals surface area contributed by atoms with Gasteiger partial charge in [-0.05, 0) is 18.4 Å². The van der Waals surface area contributed by atoms with Crippen molar-refractivity contribution in [2.24, 2.45) is 0 Å². The summed E-state index contributed by atoms with van der Waals surface area (Å²) in [7, 11) is 0. The molecule has 0 unspecified atom stereocenters. The Kier molecular flexibility index (Phi) is 5.35. The molecule has 1 aromatic carbocycles. The van der Waals surface area contributed by atoms with Crippen molar-refractivity contribution < 1.29 is 19.4 Å². The number of carbonyl (C=O) groups is 2. The molecule has 25 heavy (non-hydrogen) atoms. The van der Waals surface area contributed by atoms with E-state index in [1.165, 1.54) is 11.8 Å². The summed E-state index contributed by atoms with van der Waals surface area (Å²) >= 11 is 0. The average Bonchev–Trinajstić information content (AvgIpc) is 2.60. The van der Waals surface area contributed by atoms with Gasteiger partial charge >= 0.3 is 5.97 Å². The SMILES string of the molecule is O=C(O)c1cnc(C(=O)N2CC(OCCCc3ccccc3)C2)cn1. The highest BCUT2D eigenvalue weighted by molar-refractivity contribution is 5.93. The number of benzene rings is 1. The molecule has 1 aliphatic heterocycles. The van der Waals surface area contributed by atoms with Gasteiger partial charge in [-0.2, -0.15) is 0 Å². The van der Waals surface area contributed by atoms with E-state index in [0.717, 1.165) is 19.0 Å². The number of carbonyl (C=O) groups excluding carboxylic acids is 1. The van der Waals surface area contributed by atoms with Crippen molar-refractivity contribution in [2.75, 3.05) is 19.7 Å². The lowest BCUT2D eigenvalue weighted by molar-refractivity contribution is -0.0431. The fourth-order valence-corrected chi connectivity index (χ4v) is 2.59. The second-order valence-corrected chi connectivity index (χ2v) is 5.88. The van der Waals surface area contributed by atoms with E-state index in [0.29, 0.717) is 19.7 Å². The number of hydrogen-bond acceptors (Lipinski definition) is 5. The molecule has 1 N–H and O–H groups in total. The molecule has 0 saturated carbocycles. The summed E-state index contributed by atoms with van der Waals surface area (Å²) < 4.78 is 5.76. The van der Waals surface area contributed by atoms with Crippen LogP contribution in [0.15, 0.2) is 42.7 Å². The van der Waals surface area contributed by atoms with E-state index >= 15 is 0 Å². The Morgan fingerprint density at radius 2 is 1.80 bits per heavy atom. The van der Waals surface area contributed by atoms with Gasteiger partial charge in [0.25, 0.3) is 5.91 Å². The lowest BCUT2D eigenvalue weighted by Gasteiger charge is -2.38. The van der Waals surface area contributed by atoms with Crippen LogP contribution in [0.2, 0.25) is 0 Å². The number of rotatable bonds is 7. The molecule has 7 nitrogen and oxygen atoms in total. The first-order chi connectivity index (χ1) is 12.1. The van der Waals surface area contributed by atoms with Gasteiger partial charge in [-0.1, -0.05) is 30.3 Å². The lowest BCUT2D eigenvalue weighted by atomic mass is 10.1. The maximum Gasteiger partial charge on any atom is 0.356 e. The number of amides is 1. The van der Waals surface area contributed by atoms with Gasteiger partial charge in [-0.3, -0.25) is 4.79 Å². The molecule has 0 radical (unpaired) electrons. The molecule has 2 heterocycles. The highest BCUT2D eigenvalue weighted by Crippen LogP contribution is 2.15. The number of ether oxygens (including phenoxy) is 1. The standard InChI is InChI=1S/C18H19N3O4/c22-17(15-9-20-16(10-19-15)18(23)24)21-11-14(12-21)25-8-4-7-13-5-2-1-3-6-13/h1-3,5-6,9-10,14H,4,7-8,11-12H2,(H,23,24). The molecule has 2 aromatic rings. The van der Waals surface area contributed by atoms with Gasteiger partial charge < -0.3 is 14.7 Å². The highest BCUT2D eigenvalue weighted by atomic mass is 16.5. The number of carboxylic acids is 1. The third kappa shape index (κ3) is 4.39. The number of hydrogen-bond donors (Lipinski definition) is 1. The number of nitrogens with zero attached hydrogens (tertiary/aromatic N) is 3. The van der Waals surface area contributed by atoms with E-state index in [9.17, 15) is 9.59 Å². The summed E-state index contributed by atoms with van der Waals surface area (Å²) in [5.74, 6) is -1.42. The molecule has 0 atom stereocenters. The van der Waals surface area contributed by atoms with E-state index in [-0.39, 0.29) is 23.4 Å². The van der Waals surface area contributed by atoms with Crippen LogP contribution in [0.25, 0.3) is 0 Å². The zero-order chi connectivity index (χ0) is 17.6. The predicted molar refractivity (Wildman–Crippen MR) is 89.4 cm³/mol. The summed E-state index contributed by atoms with van der Waals surface area (Å²) in [5, 5.41) is 8.78. The smallest absolute Gasteiger partial charge is 0.356 e. The fraction of sp³-hybridized carbons (Fsp3) is 0.333. The minimum absolute atomic E-state index is 0.0472. The average molecular weight is 341 g/mol. The van der Waals surface area contributed by atoms with Crippen LogP contribution in [-0.2, 0) is 11.2 Å². The third-order valence-corrected chi connectivity index (χ3v) is 4.03. The van der Waals surface area contributed by atoms with E-state index in [1.807, 2.05) is 18.2 Å². The normalized spacial score (nSPS) is 14.2. The van der Waals surface area contributed by atoms with E-state index in [2.05, 4.69) is 22.1 Å². The van der Waals surface area contributed by atoms with Crippen LogP contribution in [-0.4, -0.2) is 57.7 Å². The largest absolute Gasteiger partial charge is 0.476 e. The van der Waals surface area contributed by atoms with Crippen molar-refractivity contribution in [1.82, 2.24) is 14.9 Å². The van der Waals surface area contributed by atoms with Crippen molar-refractivity contribution >= 4 is 11.9 Å². The van der Waals surface area contributed by atoms with Gasteiger partial charge in [0.15, 0.2) is 5.69 Å². The summed E-state index contributed by atoms with van der Waals surface area (Å²) in [6.07, 6.45) is 4.25. The number of aromatic carboxylic acids is 1. The maximum atomic E-state index is 12.2. The zero-order valence-electron chi connectivity index (χ0n) is 13.7. The lowest BCUT2D eigenvalue weighted by Crippen LogP contribution is -2.55. The molecule has 3 rings (SSSR count). The van der Waals surface area contributed by atoms with Gasteiger partial charge in [-0.25, -0.2) is 14.8 Å². The minimum Gasteiger partial charge on any atom is -0.476 e. The van der Waals surface area contributed by atoms with Crippen LogP contribution in [0.3, 0.4) is 0 Å². The summed E-state index contributed by atoms with van der Waals surface area (Å²) in [5.41, 5.74) is 1.26. The molecule has 130 valence electrons. The van der Waals surface area contributed by atoms with E-state index < -0.39 is 5.97 Å². The molecule has 1 amide bonds. The second kappa shape index (κ2) is 7.85. The molecular weight excluding hydrogens is 322 g/mol. The molecule has 0 spiro atoms. The van der Waals surface area contributed by atoms with Crippen LogP contribution in [0, 0.1) is 0 Å². The Morgan fingerprint density at radius 1 is 1.12 bits per heavy atom. The van der Waals surface area contributed by atoms with Gasteiger partial charge in [0.2, 0.25) is 0 Å². The first kappa shape index (κ1) is 17.0. The highest BCUT2D eigenvalue weighted by Gasteiger charge is 2.32. The molecule has 1 saturated heterocycles. The number of aromatic nitrogens is 2. The summed E-state index contributed by atoms with van der Waals surface area (Å²) in [4.78, 5) is 32.1. The number of carboxylic acid groups (broad SMARTS) is 1. The molecule has 1 aliphatic rings. The molecular formula is C18H19N3O4. The van der Waals surface area contributed by atoms with Gasteiger partial charge in [0, 0.05) is 19.7 Å². The second-order valence-electron chi connectivity index (χ2n) is 5.88. The van der Waals surface area contributed by atoms with E-state index in [4.69, 9.17) is 9.84 Å². The van der Waals surface area contributed by atoms with Crippen LogP contribution in [0.4, 0.5) is 0 Å². The number of likely N-dealkylation sites (tertiary alicyclic amines) is 1. The molecule has 1 aromatic heterocycles. The van der Waals surface area contributed by atoms with Crippen molar-refractivity contribution in [3.8, 4) is 0 Å². The van der Waals surface area contributed by atoms with E-state index in [1.54, 1.807) is 4.90 Å². The molecule has 7 heteroatoms. The van der Waals surface area contributed by atoms with Crippen molar-refractivity contribution in [2.45, 2.75) is 18.9 Å². The fourth-order valence-electron chi connectivity index (χ4n) is 2.59. The predicted octanol–water partition coefficient (Wildman–Crippen LogP) is 1.65. The van der Waals surface area contributed by atoms with Crippen LogP contribution >= 0.6 is 0 Å². The monoisotopic (exact) mass is 341 g/mol. The molecule has 1 fully saturated rings. The molecule has 0 bridgehead atoms. The van der Waals surface area contributed by atoms with Gasteiger partial charge in [0.05, 0.1) is 18.5 Å². The first-order valence-electron chi connectivity index (χ1n) is 8.13. The quantitative estimate of drug-likeness (QED) is 0.770. The Hall–Kier alpha value is -2.80. The number of aryl methyl sites for hydroxylation is 1. The Morgan fingerprint density at radius 3 is 2.44 bits per heavy atom. The zero-order valence-corrected chi connectivity index (χ0v) is 13.7. The Labute approximate surface area is 145 Å². The minimum atomic E-state index is -1.17. The Bertz CT molecular complexity index is 728. The first-order valence-corrected chi connectivity index (χ1v) is 8.13. The third-order valence-electron chi connectivity index (χ3n) is 4.03. The Balaban J connectivity index is 1.37.